The molecule has 3 aliphatic rings. The zero-order chi connectivity index (χ0) is 20.7. The van der Waals surface area contributed by atoms with E-state index in [1.54, 1.807) is 24.8 Å². The van der Waals surface area contributed by atoms with Crippen LogP contribution in [0.2, 0.25) is 5.02 Å². The predicted molar refractivity (Wildman–Crippen MR) is 113 cm³/mol. The number of pyridine rings is 2. The van der Waals surface area contributed by atoms with Crippen molar-refractivity contribution in [2.45, 2.75) is 38.3 Å². The van der Waals surface area contributed by atoms with Crippen molar-refractivity contribution in [2.24, 2.45) is 5.92 Å². The fourth-order valence-corrected chi connectivity index (χ4v) is 4.70. The Morgan fingerprint density at radius 2 is 2.00 bits per heavy atom. The van der Waals surface area contributed by atoms with Crippen LogP contribution in [0.15, 0.2) is 43.0 Å². The van der Waals surface area contributed by atoms with Crippen LogP contribution in [-0.4, -0.2) is 54.4 Å². The molecule has 2 bridgehead atoms. The SMILES string of the molecule is Cc1cnc(-n2nccn2)c(C(=O)N2CC3CCC2C(Nc2ccc(Cl)cn2)C3)c1. The molecule has 154 valence electrons. The summed E-state index contributed by atoms with van der Waals surface area (Å²) in [5, 5.41) is 12.5. The van der Waals surface area contributed by atoms with Crippen LogP contribution in [0.4, 0.5) is 5.82 Å². The van der Waals surface area contributed by atoms with Gasteiger partial charge in [-0.3, -0.25) is 4.79 Å². The van der Waals surface area contributed by atoms with Crippen LogP contribution in [0.5, 0.6) is 0 Å². The van der Waals surface area contributed by atoms with E-state index in [9.17, 15) is 4.79 Å². The molecule has 3 aromatic heterocycles. The Hall–Kier alpha value is -3.00. The van der Waals surface area contributed by atoms with Gasteiger partial charge in [0.1, 0.15) is 5.82 Å². The summed E-state index contributed by atoms with van der Waals surface area (Å²) in [7, 11) is 0. The van der Waals surface area contributed by atoms with E-state index in [0.29, 0.717) is 22.3 Å². The summed E-state index contributed by atoms with van der Waals surface area (Å²) < 4.78 is 0. The topological polar surface area (TPSA) is 88.8 Å². The highest BCUT2D eigenvalue weighted by molar-refractivity contribution is 6.30. The number of aromatic nitrogens is 5. The molecule has 3 aromatic rings. The van der Waals surface area contributed by atoms with E-state index in [0.717, 1.165) is 37.2 Å². The number of amides is 1. The predicted octanol–water partition coefficient (Wildman–Crippen LogP) is 3.12. The second-order valence-corrected chi connectivity index (χ2v) is 8.46. The fraction of sp³-hybridized carbons (Fsp3) is 0.381. The van der Waals surface area contributed by atoms with E-state index in [2.05, 4.69) is 25.5 Å². The van der Waals surface area contributed by atoms with E-state index in [1.165, 1.54) is 4.80 Å². The van der Waals surface area contributed by atoms with E-state index in [4.69, 9.17) is 11.6 Å². The van der Waals surface area contributed by atoms with Gasteiger partial charge in [0.05, 0.1) is 29.0 Å². The maximum Gasteiger partial charge on any atom is 0.258 e. The zero-order valence-electron chi connectivity index (χ0n) is 16.6. The zero-order valence-corrected chi connectivity index (χ0v) is 17.3. The van der Waals surface area contributed by atoms with Crippen molar-refractivity contribution in [3.05, 3.63) is 59.1 Å². The molecule has 1 aliphatic carbocycles. The summed E-state index contributed by atoms with van der Waals surface area (Å²) in [5.74, 6) is 1.68. The summed E-state index contributed by atoms with van der Waals surface area (Å²) in [4.78, 5) is 25.9. The average molecular weight is 424 g/mol. The van der Waals surface area contributed by atoms with Crippen LogP contribution in [0, 0.1) is 12.8 Å². The number of anilines is 1. The second-order valence-electron chi connectivity index (χ2n) is 8.02. The monoisotopic (exact) mass is 423 g/mol. The average Bonchev–Trinajstić information content (AvgIpc) is 3.30. The molecule has 30 heavy (non-hydrogen) atoms. The number of hydrogen-bond donors (Lipinski definition) is 1. The highest BCUT2D eigenvalue weighted by Crippen LogP contribution is 2.37. The molecular weight excluding hydrogens is 402 g/mol. The van der Waals surface area contributed by atoms with E-state index in [1.807, 2.05) is 30.0 Å². The normalized spacial score (nSPS) is 22.9. The smallest absolute Gasteiger partial charge is 0.258 e. The number of nitrogens with one attached hydrogen (secondary N) is 1. The molecule has 0 radical (unpaired) electrons. The molecule has 5 heterocycles. The van der Waals surface area contributed by atoms with Gasteiger partial charge in [0, 0.05) is 25.0 Å². The lowest BCUT2D eigenvalue weighted by Gasteiger charge is -2.50. The number of carbonyl (C=O) groups excluding carboxylic acids is 1. The van der Waals surface area contributed by atoms with Crippen LogP contribution in [0.25, 0.3) is 5.82 Å². The van der Waals surface area contributed by atoms with Gasteiger partial charge in [0.25, 0.3) is 5.91 Å². The van der Waals surface area contributed by atoms with Crippen LogP contribution in [0.3, 0.4) is 0 Å². The van der Waals surface area contributed by atoms with E-state index < -0.39 is 0 Å². The van der Waals surface area contributed by atoms with Gasteiger partial charge in [-0.05, 0) is 55.9 Å². The largest absolute Gasteiger partial charge is 0.365 e. The molecule has 3 unspecified atom stereocenters. The van der Waals surface area contributed by atoms with Gasteiger partial charge in [-0.15, -0.1) is 4.80 Å². The van der Waals surface area contributed by atoms with Crippen LogP contribution in [0.1, 0.15) is 35.2 Å². The summed E-state index contributed by atoms with van der Waals surface area (Å²) in [6.45, 7) is 2.69. The van der Waals surface area contributed by atoms with Gasteiger partial charge < -0.3 is 10.2 Å². The van der Waals surface area contributed by atoms with E-state index in [-0.39, 0.29) is 18.0 Å². The molecule has 9 heteroatoms. The highest BCUT2D eigenvalue weighted by Gasteiger charge is 2.43. The maximum absolute atomic E-state index is 13.7. The third kappa shape index (κ3) is 3.52. The first-order valence-corrected chi connectivity index (χ1v) is 10.5. The van der Waals surface area contributed by atoms with Crippen LogP contribution in [-0.2, 0) is 0 Å². The quantitative estimate of drug-likeness (QED) is 0.693. The van der Waals surface area contributed by atoms with Crippen molar-refractivity contribution in [1.29, 1.82) is 0 Å². The number of rotatable bonds is 4. The molecule has 0 spiro atoms. The second kappa shape index (κ2) is 7.68. The first-order chi connectivity index (χ1) is 14.6. The number of fused-ring (bicyclic) bond motifs is 3. The van der Waals surface area contributed by atoms with Crippen molar-refractivity contribution in [3.63, 3.8) is 0 Å². The lowest BCUT2D eigenvalue weighted by molar-refractivity contribution is 0.0281. The molecule has 2 saturated heterocycles. The molecule has 1 N–H and O–H groups in total. The van der Waals surface area contributed by atoms with Gasteiger partial charge in [-0.2, -0.15) is 10.2 Å². The van der Waals surface area contributed by atoms with Gasteiger partial charge in [0.2, 0.25) is 0 Å². The van der Waals surface area contributed by atoms with Crippen molar-refractivity contribution in [3.8, 4) is 5.82 Å². The fourth-order valence-electron chi connectivity index (χ4n) is 4.59. The molecule has 3 fully saturated rings. The van der Waals surface area contributed by atoms with Gasteiger partial charge in [-0.1, -0.05) is 11.6 Å². The molecule has 8 nitrogen and oxygen atoms in total. The van der Waals surface area contributed by atoms with Crippen molar-refractivity contribution >= 4 is 23.3 Å². The Labute approximate surface area is 179 Å². The van der Waals surface area contributed by atoms with Gasteiger partial charge in [-0.25, -0.2) is 9.97 Å². The minimum absolute atomic E-state index is 0.0243. The Kier molecular flexibility index (Phi) is 4.86. The summed E-state index contributed by atoms with van der Waals surface area (Å²) in [5.41, 5.74) is 1.46. The summed E-state index contributed by atoms with van der Waals surface area (Å²) in [6, 6.07) is 5.82. The number of carbonyl (C=O) groups is 1. The Morgan fingerprint density at radius 1 is 1.17 bits per heavy atom. The van der Waals surface area contributed by atoms with E-state index >= 15 is 0 Å². The third-order valence-electron chi connectivity index (χ3n) is 5.94. The minimum Gasteiger partial charge on any atom is -0.365 e. The first-order valence-electron chi connectivity index (χ1n) is 10.1. The van der Waals surface area contributed by atoms with Crippen LogP contribution >= 0.6 is 11.6 Å². The molecule has 1 amide bonds. The summed E-state index contributed by atoms with van der Waals surface area (Å²) >= 11 is 5.96. The van der Waals surface area contributed by atoms with Crippen molar-refractivity contribution < 1.29 is 4.79 Å². The first kappa shape index (κ1) is 19.0. The number of nitrogens with zero attached hydrogens (tertiary/aromatic N) is 6. The van der Waals surface area contributed by atoms with Crippen LogP contribution < -0.4 is 5.32 Å². The lowest BCUT2D eigenvalue weighted by Crippen LogP contribution is -2.60. The molecule has 6 rings (SSSR count). The molecule has 1 saturated carbocycles. The van der Waals surface area contributed by atoms with Crippen molar-refractivity contribution in [1.82, 2.24) is 29.9 Å². The maximum atomic E-state index is 13.7. The number of hydrogen-bond acceptors (Lipinski definition) is 6. The molecule has 2 aliphatic heterocycles. The molecule has 0 aromatic carbocycles. The minimum atomic E-state index is -0.0243. The highest BCUT2D eigenvalue weighted by atomic mass is 35.5. The third-order valence-corrected chi connectivity index (χ3v) is 6.16. The Bertz CT molecular complexity index is 1050. The van der Waals surface area contributed by atoms with Crippen molar-refractivity contribution in [2.75, 3.05) is 11.9 Å². The standard InChI is InChI=1S/C21H22ClN7O/c1-13-8-16(20(24-10-13)29-25-6-7-26-29)21(30)28-12-14-2-4-18(28)17(9-14)27-19-5-3-15(22)11-23-19/h3,5-8,10-11,14,17-18H,2,4,9,12H2,1H3,(H,23,27). The molecule has 3 atom stereocenters. The lowest BCUT2D eigenvalue weighted by atomic mass is 9.76. The Balaban J connectivity index is 1.44. The number of piperidine rings is 2. The number of halogens is 1. The van der Waals surface area contributed by atoms with Gasteiger partial charge in [0.15, 0.2) is 5.82 Å². The summed E-state index contributed by atoms with van der Waals surface area (Å²) in [6.07, 6.45) is 9.66. The van der Waals surface area contributed by atoms with Gasteiger partial charge >= 0.3 is 0 Å². The molecular formula is C21H22ClN7O. The Morgan fingerprint density at radius 3 is 2.73 bits per heavy atom. The number of aryl methyl sites for hydroxylation is 1.